The lowest BCUT2D eigenvalue weighted by molar-refractivity contribution is -0.620. The summed E-state index contributed by atoms with van der Waals surface area (Å²) in [5, 5.41) is 23.6. The Bertz CT molecular complexity index is 1370. The Balaban J connectivity index is 1.36. The summed E-state index contributed by atoms with van der Waals surface area (Å²) in [6, 6.07) is 3.59. The molecule has 1 atom stereocenters. The minimum atomic E-state index is -0.890. The second kappa shape index (κ2) is 11.2. The monoisotopic (exact) mass is 543 g/mol. The van der Waals surface area contributed by atoms with Crippen molar-refractivity contribution >= 4 is 17.6 Å². The van der Waals surface area contributed by atoms with Gasteiger partial charge in [0.1, 0.15) is 12.4 Å². The van der Waals surface area contributed by atoms with Crippen molar-refractivity contribution in [2.75, 3.05) is 25.0 Å². The fourth-order valence-electron chi connectivity index (χ4n) is 4.21. The molecular formula is C25H27F2N7O5. The zero-order chi connectivity index (χ0) is 28.3. The van der Waals surface area contributed by atoms with E-state index in [1.807, 2.05) is 18.7 Å². The number of halogens is 2. The van der Waals surface area contributed by atoms with Crippen LogP contribution in [0, 0.1) is 16.8 Å². The summed E-state index contributed by atoms with van der Waals surface area (Å²) < 4.78 is 32.5. The fourth-order valence-corrected chi connectivity index (χ4v) is 4.21. The number of aromatic nitrogens is 4. The molecule has 14 heteroatoms. The molecule has 4 rings (SSSR count). The first-order valence-electron chi connectivity index (χ1n) is 12.0. The molecule has 12 nitrogen and oxygen atoms in total. The summed E-state index contributed by atoms with van der Waals surface area (Å²) >= 11 is 0. The summed E-state index contributed by atoms with van der Waals surface area (Å²) in [5.41, 5.74) is -0.630. The predicted octanol–water partition coefficient (Wildman–Crippen LogP) is 1.63. The Morgan fingerprint density at radius 1 is 1.23 bits per heavy atom. The van der Waals surface area contributed by atoms with E-state index in [1.54, 1.807) is 11.8 Å². The molecule has 0 spiro atoms. The highest BCUT2D eigenvalue weighted by Gasteiger charge is 2.41. The molecule has 0 unspecified atom stereocenters. The van der Waals surface area contributed by atoms with Crippen LogP contribution in [0.4, 0.5) is 14.6 Å². The van der Waals surface area contributed by atoms with Gasteiger partial charge < -0.3 is 25.3 Å². The van der Waals surface area contributed by atoms with Crippen LogP contribution in [0.1, 0.15) is 37.1 Å². The molecule has 0 radical (unpaired) electrons. The topological polar surface area (TPSA) is 148 Å². The number of nitrogens with one attached hydrogen (secondary N) is 1. The molecule has 2 aromatic heterocycles. The lowest BCUT2D eigenvalue weighted by Gasteiger charge is -2.48. The molecule has 0 aliphatic carbocycles. The van der Waals surface area contributed by atoms with Crippen LogP contribution in [0.3, 0.4) is 0 Å². The molecular weight excluding hydrogens is 516 g/mol. The van der Waals surface area contributed by atoms with Crippen LogP contribution in [-0.4, -0.2) is 72.9 Å². The van der Waals surface area contributed by atoms with E-state index in [2.05, 4.69) is 20.3 Å². The smallest absolute Gasteiger partial charge is 0.327 e. The summed E-state index contributed by atoms with van der Waals surface area (Å²) in [5.74, 6) is -2.65. The Kier molecular flexibility index (Phi) is 7.97. The molecule has 0 saturated carbocycles. The maximum absolute atomic E-state index is 13.8. The average molecular weight is 544 g/mol. The average Bonchev–Trinajstić information content (AvgIpc) is 2.90. The number of benzene rings is 1. The Hall–Kier alpha value is -4.30. The second-order valence-corrected chi connectivity index (χ2v) is 9.53. The van der Waals surface area contributed by atoms with Gasteiger partial charge in [-0.25, -0.2) is 23.5 Å². The number of rotatable bonds is 7. The number of carbonyl (C=O) groups excluding carboxylic acids is 2. The number of aliphatic hydroxyl groups excluding tert-OH is 1. The van der Waals surface area contributed by atoms with Crippen molar-refractivity contribution in [1.82, 2.24) is 24.8 Å². The molecule has 1 fully saturated rings. The molecule has 2 amide bonds. The van der Waals surface area contributed by atoms with Crippen LogP contribution in [0.5, 0.6) is 11.6 Å². The summed E-state index contributed by atoms with van der Waals surface area (Å²) in [6.45, 7) is 5.92. The standard InChI is InChI=1S/C25H27F2N7O5/c1-15(23(36)31-20-11-29-22(12-28-20)39-19-5-4-16(26)10-17(19)27)32-8-9-33(25(2,3)14-32)24(37)18-6-7-34(38)21(13-35)30-18/h4-7,10-12,15,35H,8-9,13-14H2,1-3H3,(H,28,31,36)/t15-/m0/s1. The zero-order valence-corrected chi connectivity index (χ0v) is 21.5. The van der Waals surface area contributed by atoms with Crippen molar-refractivity contribution in [2.45, 2.75) is 39.0 Å². The Labute approximate surface area is 222 Å². The molecule has 1 aliphatic rings. The van der Waals surface area contributed by atoms with Gasteiger partial charge in [-0.1, -0.05) is 0 Å². The Morgan fingerprint density at radius 2 is 2.00 bits per heavy atom. The molecule has 0 bridgehead atoms. The van der Waals surface area contributed by atoms with E-state index >= 15 is 0 Å². The lowest BCUT2D eigenvalue weighted by atomic mass is 9.96. The largest absolute Gasteiger partial charge is 0.711 e. The summed E-state index contributed by atoms with van der Waals surface area (Å²) in [6.07, 6.45) is 3.58. The highest BCUT2D eigenvalue weighted by molar-refractivity contribution is 5.94. The number of carbonyl (C=O) groups is 2. The quantitative estimate of drug-likeness (QED) is 0.335. The van der Waals surface area contributed by atoms with Crippen molar-refractivity contribution in [1.29, 1.82) is 0 Å². The van der Waals surface area contributed by atoms with E-state index in [0.717, 1.165) is 18.3 Å². The van der Waals surface area contributed by atoms with Gasteiger partial charge in [-0.3, -0.25) is 14.5 Å². The molecule has 3 aromatic rings. The van der Waals surface area contributed by atoms with Gasteiger partial charge in [-0.05, 0) is 37.9 Å². The van der Waals surface area contributed by atoms with Gasteiger partial charge in [-0.2, -0.15) is 0 Å². The van der Waals surface area contributed by atoms with Crippen molar-refractivity contribution in [3.05, 3.63) is 71.2 Å². The van der Waals surface area contributed by atoms with Crippen molar-refractivity contribution in [3.8, 4) is 11.6 Å². The third kappa shape index (κ3) is 6.23. The number of ether oxygens (including phenoxy) is 1. The number of anilines is 1. The van der Waals surface area contributed by atoms with Crippen LogP contribution < -0.4 is 14.8 Å². The zero-order valence-electron chi connectivity index (χ0n) is 21.5. The van der Waals surface area contributed by atoms with E-state index in [4.69, 9.17) is 4.74 Å². The van der Waals surface area contributed by atoms with Crippen LogP contribution in [-0.2, 0) is 11.4 Å². The lowest BCUT2D eigenvalue weighted by Crippen LogP contribution is -2.63. The van der Waals surface area contributed by atoms with E-state index in [0.29, 0.717) is 30.4 Å². The summed E-state index contributed by atoms with van der Waals surface area (Å²) in [4.78, 5) is 41.7. The van der Waals surface area contributed by atoms with Gasteiger partial charge in [0.2, 0.25) is 17.5 Å². The van der Waals surface area contributed by atoms with Gasteiger partial charge in [-0.15, -0.1) is 0 Å². The molecule has 39 heavy (non-hydrogen) atoms. The van der Waals surface area contributed by atoms with E-state index in [1.165, 1.54) is 18.5 Å². The molecule has 1 aliphatic heterocycles. The molecule has 206 valence electrons. The molecule has 2 N–H and O–H groups in total. The van der Waals surface area contributed by atoms with Gasteiger partial charge in [0, 0.05) is 31.8 Å². The number of hydrogen-bond acceptors (Lipinski definition) is 9. The first-order valence-corrected chi connectivity index (χ1v) is 12.0. The fraction of sp³-hybridized carbons (Fsp3) is 0.360. The van der Waals surface area contributed by atoms with Gasteiger partial charge in [0.25, 0.3) is 5.91 Å². The molecule has 1 saturated heterocycles. The highest BCUT2D eigenvalue weighted by Crippen LogP contribution is 2.25. The Morgan fingerprint density at radius 3 is 2.64 bits per heavy atom. The normalized spacial score (nSPS) is 16.0. The van der Waals surface area contributed by atoms with Gasteiger partial charge >= 0.3 is 5.82 Å². The molecule has 3 heterocycles. The second-order valence-electron chi connectivity index (χ2n) is 9.53. The predicted molar refractivity (Wildman–Crippen MR) is 132 cm³/mol. The third-order valence-corrected chi connectivity index (χ3v) is 6.32. The summed E-state index contributed by atoms with van der Waals surface area (Å²) in [7, 11) is 0. The number of piperazine rings is 1. The van der Waals surface area contributed by atoms with Crippen LogP contribution in [0.15, 0.2) is 42.9 Å². The number of amides is 2. The van der Waals surface area contributed by atoms with Crippen molar-refractivity contribution < 1.29 is 32.9 Å². The highest BCUT2D eigenvalue weighted by atomic mass is 19.1. The van der Waals surface area contributed by atoms with Crippen LogP contribution in [0.25, 0.3) is 0 Å². The van der Waals surface area contributed by atoms with Gasteiger partial charge in [0.05, 0.1) is 30.2 Å². The van der Waals surface area contributed by atoms with Crippen LogP contribution >= 0.6 is 0 Å². The number of nitrogens with zero attached hydrogens (tertiary/aromatic N) is 6. The maximum atomic E-state index is 13.8. The SMILES string of the molecule is C[C@@H](C(=O)Nc1cnc(Oc2ccc(F)cc2F)cn1)N1CCN(C(=O)c2cc[n+]([O-])c(CO)n2)C(C)(C)C1. The van der Waals surface area contributed by atoms with E-state index in [-0.39, 0.29) is 40.8 Å². The minimum Gasteiger partial charge on any atom is -0.711 e. The van der Waals surface area contributed by atoms with Crippen molar-refractivity contribution in [3.63, 3.8) is 0 Å². The van der Waals surface area contributed by atoms with Crippen LogP contribution in [0.2, 0.25) is 0 Å². The first-order chi connectivity index (χ1) is 18.5. The maximum Gasteiger partial charge on any atom is 0.327 e. The molecule has 1 aromatic carbocycles. The third-order valence-electron chi connectivity index (χ3n) is 6.32. The van der Waals surface area contributed by atoms with Gasteiger partial charge in [0.15, 0.2) is 17.4 Å². The number of aliphatic hydroxyl groups is 1. The minimum absolute atomic E-state index is 0.0434. The number of hydrogen-bond donors (Lipinski definition) is 2. The van der Waals surface area contributed by atoms with Crippen molar-refractivity contribution in [2.24, 2.45) is 0 Å². The van der Waals surface area contributed by atoms with E-state index < -0.39 is 29.8 Å². The first kappa shape index (κ1) is 27.7. The van der Waals surface area contributed by atoms with E-state index in [9.17, 15) is 28.7 Å².